The van der Waals surface area contributed by atoms with Crippen LogP contribution in [0.25, 0.3) is 0 Å². The SMILES string of the molecule is CC(C)C1CCN(C(=O)c2cc(NN)ccn2)C1. The molecule has 1 amide bonds. The van der Waals surface area contributed by atoms with Crippen molar-refractivity contribution >= 4 is 11.6 Å². The van der Waals surface area contributed by atoms with Crippen LogP contribution in [-0.4, -0.2) is 28.9 Å². The zero-order chi connectivity index (χ0) is 13.1. The molecule has 5 nitrogen and oxygen atoms in total. The number of likely N-dealkylation sites (tertiary alicyclic amines) is 1. The molecule has 0 spiro atoms. The Kier molecular flexibility index (Phi) is 3.81. The fraction of sp³-hybridized carbons (Fsp3) is 0.538. The monoisotopic (exact) mass is 248 g/mol. The van der Waals surface area contributed by atoms with E-state index < -0.39 is 0 Å². The van der Waals surface area contributed by atoms with Crippen molar-refractivity contribution in [1.82, 2.24) is 9.88 Å². The molecule has 98 valence electrons. The van der Waals surface area contributed by atoms with Gasteiger partial charge >= 0.3 is 0 Å². The minimum absolute atomic E-state index is 0.00440. The smallest absolute Gasteiger partial charge is 0.272 e. The van der Waals surface area contributed by atoms with E-state index in [9.17, 15) is 4.79 Å². The molecular formula is C13H20N4O. The van der Waals surface area contributed by atoms with Crippen molar-refractivity contribution in [2.24, 2.45) is 17.7 Å². The maximum absolute atomic E-state index is 12.3. The molecular weight excluding hydrogens is 228 g/mol. The average molecular weight is 248 g/mol. The number of carbonyl (C=O) groups is 1. The van der Waals surface area contributed by atoms with Crippen LogP contribution in [0, 0.1) is 11.8 Å². The molecule has 3 N–H and O–H groups in total. The topological polar surface area (TPSA) is 71.2 Å². The minimum atomic E-state index is -0.00440. The Labute approximate surface area is 107 Å². The maximum Gasteiger partial charge on any atom is 0.272 e. The van der Waals surface area contributed by atoms with Gasteiger partial charge < -0.3 is 10.3 Å². The summed E-state index contributed by atoms with van der Waals surface area (Å²) in [4.78, 5) is 18.3. The fourth-order valence-corrected chi connectivity index (χ4v) is 2.32. The highest BCUT2D eigenvalue weighted by Crippen LogP contribution is 2.24. The Morgan fingerprint density at radius 1 is 1.61 bits per heavy atom. The van der Waals surface area contributed by atoms with Gasteiger partial charge in [0.25, 0.3) is 5.91 Å². The molecule has 1 atom stereocenters. The molecule has 1 fully saturated rings. The first-order valence-electron chi connectivity index (χ1n) is 6.33. The molecule has 0 aliphatic carbocycles. The summed E-state index contributed by atoms with van der Waals surface area (Å²) in [5.41, 5.74) is 3.68. The summed E-state index contributed by atoms with van der Waals surface area (Å²) >= 11 is 0. The molecule has 1 aromatic rings. The summed E-state index contributed by atoms with van der Waals surface area (Å²) in [6.07, 6.45) is 2.68. The number of nitrogens with zero attached hydrogens (tertiary/aromatic N) is 2. The van der Waals surface area contributed by atoms with E-state index in [0.717, 1.165) is 19.5 Å². The molecule has 1 unspecified atom stereocenters. The molecule has 1 aromatic heterocycles. The lowest BCUT2D eigenvalue weighted by molar-refractivity contribution is 0.0778. The third-order valence-corrected chi connectivity index (χ3v) is 3.60. The number of amides is 1. The van der Waals surface area contributed by atoms with Gasteiger partial charge in [0.2, 0.25) is 0 Å². The maximum atomic E-state index is 12.3. The first kappa shape index (κ1) is 12.8. The van der Waals surface area contributed by atoms with Crippen molar-refractivity contribution in [3.05, 3.63) is 24.0 Å². The summed E-state index contributed by atoms with van der Waals surface area (Å²) < 4.78 is 0. The molecule has 0 bridgehead atoms. The van der Waals surface area contributed by atoms with E-state index in [1.165, 1.54) is 0 Å². The third-order valence-electron chi connectivity index (χ3n) is 3.60. The number of nitrogen functional groups attached to an aromatic ring is 1. The molecule has 2 heterocycles. The number of nitrogens with two attached hydrogens (primary N) is 1. The van der Waals surface area contributed by atoms with E-state index in [0.29, 0.717) is 23.2 Å². The Morgan fingerprint density at radius 3 is 3.00 bits per heavy atom. The molecule has 1 aliphatic heterocycles. The van der Waals surface area contributed by atoms with E-state index in [1.54, 1.807) is 18.3 Å². The number of pyridine rings is 1. The van der Waals surface area contributed by atoms with Crippen molar-refractivity contribution in [3.8, 4) is 0 Å². The number of hydrogen-bond acceptors (Lipinski definition) is 4. The van der Waals surface area contributed by atoms with Crippen molar-refractivity contribution in [1.29, 1.82) is 0 Å². The largest absolute Gasteiger partial charge is 0.337 e. The molecule has 0 aromatic carbocycles. The number of aromatic nitrogens is 1. The van der Waals surface area contributed by atoms with Gasteiger partial charge in [-0.1, -0.05) is 13.8 Å². The Morgan fingerprint density at radius 2 is 2.39 bits per heavy atom. The number of nitrogens with one attached hydrogen (secondary N) is 1. The summed E-state index contributed by atoms with van der Waals surface area (Å²) in [7, 11) is 0. The summed E-state index contributed by atoms with van der Waals surface area (Å²) in [6, 6.07) is 3.42. The van der Waals surface area contributed by atoms with Crippen LogP contribution in [0.2, 0.25) is 0 Å². The van der Waals surface area contributed by atoms with Gasteiger partial charge in [0.1, 0.15) is 5.69 Å². The molecule has 18 heavy (non-hydrogen) atoms. The zero-order valence-corrected chi connectivity index (χ0v) is 10.9. The highest BCUT2D eigenvalue weighted by Gasteiger charge is 2.29. The van der Waals surface area contributed by atoms with E-state index in [4.69, 9.17) is 5.84 Å². The molecule has 0 saturated carbocycles. The summed E-state index contributed by atoms with van der Waals surface area (Å²) in [5.74, 6) is 6.55. The van der Waals surface area contributed by atoms with E-state index in [1.807, 2.05) is 4.90 Å². The van der Waals surface area contributed by atoms with Crippen LogP contribution in [-0.2, 0) is 0 Å². The highest BCUT2D eigenvalue weighted by molar-refractivity contribution is 5.93. The second-order valence-electron chi connectivity index (χ2n) is 5.12. The lowest BCUT2D eigenvalue weighted by Gasteiger charge is -2.18. The van der Waals surface area contributed by atoms with Gasteiger partial charge in [-0.05, 0) is 30.4 Å². The second-order valence-corrected chi connectivity index (χ2v) is 5.12. The molecule has 1 aliphatic rings. The van der Waals surface area contributed by atoms with Crippen molar-refractivity contribution in [2.45, 2.75) is 20.3 Å². The Balaban J connectivity index is 2.08. The average Bonchev–Trinajstić information content (AvgIpc) is 2.87. The van der Waals surface area contributed by atoms with Crippen LogP contribution in [0.3, 0.4) is 0 Å². The van der Waals surface area contributed by atoms with Gasteiger partial charge in [0, 0.05) is 19.3 Å². The van der Waals surface area contributed by atoms with Crippen LogP contribution >= 0.6 is 0 Å². The van der Waals surface area contributed by atoms with Crippen molar-refractivity contribution in [2.75, 3.05) is 18.5 Å². The quantitative estimate of drug-likeness (QED) is 0.628. The number of carbonyl (C=O) groups excluding carboxylic acids is 1. The van der Waals surface area contributed by atoms with Crippen molar-refractivity contribution in [3.63, 3.8) is 0 Å². The first-order chi connectivity index (χ1) is 8.61. The van der Waals surface area contributed by atoms with Crippen LogP contribution in [0.4, 0.5) is 5.69 Å². The Bertz CT molecular complexity index is 433. The van der Waals surface area contributed by atoms with Crippen molar-refractivity contribution < 1.29 is 4.79 Å². The number of anilines is 1. The standard InChI is InChI=1S/C13H20N4O/c1-9(2)10-4-6-17(8-10)13(18)12-7-11(16-14)3-5-15-12/h3,5,7,9-10H,4,6,8,14H2,1-2H3,(H,15,16). The van der Waals surface area contributed by atoms with E-state index >= 15 is 0 Å². The summed E-state index contributed by atoms with van der Waals surface area (Å²) in [5, 5.41) is 0. The van der Waals surface area contributed by atoms with Gasteiger partial charge in [-0.2, -0.15) is 0 Å². The zero-order valence-electron chi connectivity index (χ0n) is 10.9. The minimum Gasteiger partial charge on any atom is -0.337 e. The summed E-state index contributed by atoms with van der Waals surface area (Å²) in [6.45, 7) is 6.06. The van der Waals surface area contributed by atoms with Gasteiger partial charge in [-0.15, -0.1) is 0 Å². The lowest BCUT2D eigenvalue weighted by Crippen LogP contribution is -2.30. The number of rotatable bonds is 3. The molecule has 1 saturated heterocycles. The second kappa shape index (κ2) is 5.35. The normalized spacial score (nSPS) is 19.3. The van der Waals surface area contributed by atoms with Gasteiger partial charge in [-0.3, -0.25) is 15.6 Å². The van der Waals surface area contributed by atoms with Crippen LogP contribution in [0.5, 0.6) is 0 Å². The van der Waals surface area contributed by atoms with Crippen LogP contribution in [0.1, 0.15) is 30.8 Å². The van der Waals surface area contributed by atoms with E-state index in [-0.39, 0.29) is 5.91 Å². The van der Waals surface area contributed by atoms with Crippen LogP contribution in [0.15, 0.2) is 18.3 Å². The lowest BCUT2D eigenvalue weighted by atomic mass is 9.95. The van der Waals surface area contributed by atoms with Crippen LogP contribution < -0.4 is 11.3 Å². The molecule has 5 heteroatoms. The third kappa shape index (κ3) is 2.61. The number of hydrazine groups is 1. The predicted molar refractivity (Wildman–Crippen MR) is 70.9 cm³/mol. The van der Waals surface area contributed by atoms with E-state index in [2.05, 4.69) is 24.3 Å². The van der Waals surface area contributed by atoms with Gasteiger partial charge in [-0.25, -0.2) is 0 Å². The molecule has 2 rings (SSSR count). The first-order valence-corrected chi connectivity index (χ1v) is 6.33. The number of hydrogen-bond donors (Lipinski definition) is 2. The van der Waals surface area contributed by atoms with Gasteiger partial charge in [0.05, 0.1) is 5.69 Å². The highest BCUT2D eigenvalue weighted by atomic mass is 16.2. The fourth-order valence-electron chi connectivity index (χ4n) is 2.32. The Hall–Kier alpha value is -1.62. The predicted octanol–water partition coefficient (Wildman–Crippen LogP) is 1.49. The molecule has 0 radical (unpaired) electrons. The van der Waals surface area contributed by atoms with Gasteiger partial charge in [0.15, 0.2) is 0 Å².